The zero-order valence-corrected chi connectivity index (χ0v) is 27.6. The Hall–Kier alpha value is -3.13. The molecule has 0 aliphatic carbocycles. The van der Waals surface area contributed by atoms with Gasteiger partial charge in [0.2, 0.25) is 17.7 Å². The van der Waals surface area contributed by atoms with Gasteiger partial charge in [-0.05, 0) is 38.5 Å². The molecule has 0 aromatic rings. The molecule has 266 valence electrons. The second-order valence-corrected chi connectivity index (χ2v) is 11.9. The van der Waals surface area contributed by atoms with E-state index in [1.807, 2.05) is 0 Å². The Bertz CT molecular complexity index is 908. The van der Waals surface area contributed by atoms with Crippen molar-refractivity contribution in [2.24, 2.45) is 5.84 Å². The van der Waals surface area contributed by atoms with Crippen LogP contribution in [0.15, 0.2) is 0 Å². The molecule has 0 aromatic carbocycles. The van der Waals surface area contributed by atoms with E-state index in [1.54, 1.807) is 0 Å². The number of nitrogens with two attached hydrogens (primary N) is 1. The fourth-order valence-electron chi connectivity index (χ4n) is 4.95. The van der Waals surface area contributed by atoms with Gasteiger partial charge in [-0.2, -0.15) is 4.39 Å². The van der Waals surface area contributed by atoms with Gasteiger partial charge in [0.15, 0.2) is 0 Å². The highest BCUT2D eigenvalue weighted by atomic mass is 19.1. The smallest absolute Gasteiger partial charge is 0.326 e. The summed E-state index contributed by atoms with van der Waals surface area (Å²) in [4.78, 5) is 70.6. The molecule has 3 atom stereocenters. The second-order valence-electron chi connectivity index (χ2n) is 11.9. The molecule has 14 heteroatoms. The third-order valence-electron chi connectivity index (χ3n) is 7.81. The van der Waals surface area contributed by atoms with E-state index in [1.165, 1.54) is 57.8 Å². The third kappa shape index (κ3) is 24.1. The van der Waals surface area contributed by atoms with Crippen LogP contribution >= 0.6 is 0 Å². The van der Waals surface area contributed by atoms with Crippen LogP contribution in [0.2, 0.25) is 0 Å². The van der Waals surface area contributed by atoms with Gasteiger partial charge < -0.3 is 26.2 Å². The number of nitrogens with one attached hydrogen (secondary N) is 4. The number of hydrazine groups is 1. The Kier molecular flexibility index (Phi) is 26.2. The van der Waals surface area contributed by atoms with E-state index in [9.17, 15) is 43.4 Å². The number of carboxylic acids is 2. The number of amides is 3. The first-order chi connectivity index (χ1) is 22.0. The summed E-state index contributed by atoms with van der Waals surface area (Å²) in [6.45, 7) is 2.44. The maximum Gasteiger partial charge on any atom is 0.326 e. The molecule has 0 aliphatic heterocycles. The van der Waals surface area contributed by atoms with Crippen molar-refractivity contribution >= 4 is 35.7 Å². The number of carbonyl (C=O) groups excluding carboxylic acids is 4. The van der Waals surface area contributed by atoms with Gasteiger partial charge in [-0.1, -0.05) is 84.0 Å². The number of aliphatic carboxylic acids is 2. The van der Waals surface area contributed by atoms with E-state index in [0.717, 1.165) is 19.3 Å². The van der Waals surface area contributed by atoms with Gasteiger partial charge in [-0.3, -0.25) is 25.0 Å². The summed E-state index contributed by atoms with van der Waals surface area (Å²) in [5.74, 6) is 0.872. The van der Waals surface area contributed by atoms with Crippen LogP contribution in [0.4, 0.5) is 4.39 Å². The molecule has 13 nitrogen and oxygen atoms in total. The molecular formula is C32H58FN5O8. The van der Waals surface area contributed by atoms with Crippen molar-refractivity contribution in [3.8, 4) is 0 Å². The topological polar surface area (TPSA) is 217 Å². The number of unbranched alkanes of at least 4 members (excludes halogenated alkanes) is 13. The van der Waals surface area contributed by atoms with Crippen LogP contribution in [0.3, 0.4) is 0 Å². The van der Waals surface area contributed by atoms with Crippen LogP contribution in [-0.4, -0.2) is 70.6 Å². The Balaban J connectivity index is 4.20. The van der Waals surface area contributed by atoms with Crippen molar-refractivity contribution in [2.75, 3.05) is 6.54 Å². The molecule has 0 saturated carbocycles. The van der Waals surface area contributed by atoms with Crippen LogP contribution in [0.25, 0.3) is 0 Å². The third-order valence-corrected chi connectivity index (χ3v) is 7.81. The number of rotatable bonds is 31. The first-order valence-corrected chi connectivity index (χ1v) is 17.0. The highest BCUT2D eigenvalue weighted by Crippen LogP contribution is 2.13. The molecule has 1 unspecified atom stereocenters. The van der Waals surface area contributed by atoms with E-state index >= 15 is 0 Å². The molecular weight excluding hydrogens is 601 g/mol. The normalized spacial score (nSPS) is 12.9. The fourth-order valence-corrected chi connectivity index (χ4v) is 4.95. The zero-order chi connectivity index (χ0) is 34.6. The van der Waals surface area contributed by atoms with E-state index in [0.29, 0.717) is 19.3 Å². The Morgan fingerprint density at radius 3 is 1.43 bits per heavy atom. The molecule has 0 radical (unpaired) electrons. The average Bonchev–Trinajstić information content (AvgIpc) is 3.00. The summed E-state index contributed by atoms with van der Waals surface area (Å²) in [6.07, 6.45) is 15.5. The lowest BCUT2D eigenvalue weighted by Crippen LogP contribution is -2.44. The molecule has 8 N–H and O–H groups in total. The largest absolute Gasteiger partial charge is 0.480 e. The molecule has 0 rings (SSSR count). The van der Waals surface area contributed by atoms with E-state index in [2.05, 4.69) is 28.3 Å². The second kappa shape index (κ2) is 28.1. The molecule has 0 aliphatic rings. The maximum absolute atomic E-state index is 12.7. The minimum atomic E-state index is -1.57. The van der Waals surface area contributed by atoms with E-state index < -0.39 is 53.8 Å². The summed E-state index contributed by atoms with van der Waals surface area (Å²) < 4.78 is 12.7. The van der Waals surface area contributed by atoms with Gasteiger partial charge in [-0.15, -0.1) is 0 Å². The molecule has 46 heavy (non-hydrogen) atoms. The quantitative estimate of drug-likeness (QED) is 0.0247. The van der Waals surface area contributed by atoms with Crippen LogP contribution in [-0.2, 0) is 28.8 Å². The van der Waals surface area contributed by atoms with Crippen molar-refractivity contribution in [1.29, 1.82) is 0 Å². The van der Waals surface area contributed by atoms with Gasteiger partial charge in [0.1, 0.15) is 18.1 Å². The van der Waals surface area contributed by atoms with Gasteiger partial charge in [0.05, 0.1) is 0 Å². The van der Waals surface area contributed by atoms with Gasteiger partial charge >= 0.3 is 18.0 Å². The molecule has 0 bridgehead atoms. The lowest BCUT2D eigenvalue weighted by molar-refractivity contribution is -0.143. The number of carboxylic acid groups (broad SMARTS) is 2. The highest BCUT2D eigenvalue weighted by molar-refractivity contribution is 5.86. The number of hydrogen-bond acceptors (Lipinski definition) is 8. The fraction of sp³-hybridized carbons (Fsp3) is 0.812. The number of halogens is 1. The first-order valence-electron chi connectivity index (χ1n) is 17.0. The number of hydrogen-bond donors (Lipinski definition) is 7. The molecule has 0 aromatic heterocycles. The van der Waals surface area contributed by atoms with Crippen molar-refractivity contribution in [2.45, 2.75) is 160 Å². The van der Waals surface area contributed by atoms with Crippen LogP contribution in [0.1, 0.15) is 142 Å². The van der Waals surface area contributed by atoms with Gasteiger partial charge in [-0.25, -0.2) is 15.0 Å². The molecule has 3 amide bonds. The maximum atomic E-state index is 12.7. The Labute approximate surface area is 272 Å². The SMILES string of the molecule is CCCCCCCCCCCCCCCC(=O)N[C@@H](CCC(=O)N[C@@H](CCC(=O)NCCCCC(NN)C(=O)F)C(=O)O)C(=O)O. The van der Waals surface area contributed by atoms with Crippen molar-refractivity contribution in [1.82, 2.24) is 21.4 Å². The summed E-state index contributed by atoms with van der Waals surface area (Å²) in [5.41, 5.74) is 2.06. The summed E-state index contributed by atoms with van der Waals surface area (Å²) in [5, 5.41) is 26.2. The molecule has 0 saturated heterocycles. The summed E-state index contributed by atoms with van der Waals surface area (Å²) in [7, 11) is 0. The number of carbonyl (C=O) groups is 6. The van der Waals surface area contributed by atoms with Crippen LogP contribution < -0.4 is 27.2 Å². The first kappa shape index (κ1) is 42.9. The highest BCUT2D eigenvalue weighted by Gasteiger charge is 2.24. The van der Waals surface area contributed by atoms with E-state index in [4.69, 9.17) is 5.84 Å². The van der Waals surface area contributed by atoms with Crippen molar-refractivity contribution in [3.05, 3.63) is 0 Å². The Morgan fingerprint density at radius 2 is 1.00 bits per heavy atom. The predicted molar refractivity (Wildman–Crippen MR) is 172 cm³/mol. The zero-order valence-electron chi connectivity index (χ0n) is 27.6. The Morgan fingerprint density at radius 1 is 0.565 bits per heavy atom. The summed E-state index contributed by atoms with van der Waals surface area (Å²) >= 11 is 0. The molecule has 0 fully saturated rings. The summed E-state index contributed by atoms with van der Waals surface area (Å²) in [6, 6.07) is -5.32. The lowest BCUT2D eigenvalue weighted by Gasteiger charge is -2.17. The standard InChI is InChI=1S/C32H58FN5O8/c1-2-3-4-5-6-7-8-9-10-11-12-13-14-18-28(40)36-26(32(45)46)20-22-29(41)37-25(31(43)44)19-21-27(39)35-23-16-15-17-24(38-34)30(33)42/h24-26,38H,2-23,34H2,1H3,(H,35,39)(H,36,40)(H,37,41)(H,43,44)(H,45,46)/t24?,25-,26-/m0/s1. The average molecular weight is 660 g/mol. The minimum Gasteiger partial charge on any atom is -0.480 e. The lowest BCUT2D eigenvalue weighted by atomic mass is 10.0. The van der Waals surface area contributed by atoms with Crippen LogP contribution in [0.5, 0.6) is 0 Å². The minimum absolute atomic E-state index is 0.153. The monoisotopic (exact) mass is 659 g/mol. The molecule has 0 spiro atoms. The predicted octanol–water partition coefficient (Wildman–Crippen LogP) is 3.78. The van der Waals surface area contributed by atoms with E-state index in [-0.39, 0.29) is 45.1 Å². The van der Waals surface area contributed by atoms with Crippen molar-refractivity contribution < 1.29 is 43.4 Å². The van der Waals surface area contributed by atoms with Crippen LogP contribution in [0, 0.1) is 0 Å². The molecule has 0 heterocycles. The van der Waals surface area contributed by atoms with Gasteiger partial charge in [0.25, 0.3) is 0 Å². The van der Waals surface area contributed by atoms with Crippen molar-refractivity contribution in [3.63, 3.8) is 0 Å². The van der Waals surface area contributed by atoms with Gasteiger partial charge in [0, 0.05) is 25.8 Å².